The molecule has 0 aromatic heterocycles. The van der Waals surface area contributed by atoms with Gasteiger partial charge in [0.15, 0.2) is 0 Å². The minimum Gasteiger partial charge on any atom is -0.494 e. The van der Waals surface area contributed by atoms with Crippen LogP contribution in [0.25, 0.3) is 0 Å². The average Bonchev–Trinajstić information content (AvgIpc) is 2.93. The third kappa shape index (κ3) is 3.78. The lowest BCUT2D eigenvalue weighted by Gasteiger charge is -2.14. The van der Waals surface area contributed by atoms with Crippen LogP contribution in [-0.2, 0) is 13.0 Å². The van der Waals surface area contributed by atoms with Crippen LogP contribution >= 0.6 is 0 Å². The van der Waals surface area contributed by atoms with Crippen molar-refractivity contribution in [1.29, 1.82) is 0 Å². The molecule has 0 saturated heterocycles. The highest BCUT2D eigenvalue weighted by Crippen LogP contribution is 2.35. The highest BCUT2D eigenvalue weighted by molar-refractivity contribution is 5.95. The molecule has 1 amide bonds. The van der Waals surface area contributed by atoms with Crippen molar-refractivity contribution >= 4 is 5.91 Å². The van der Waals surface area contributed by atoms with Gasteiger partial charge in [-0.3, -0.25) is 4.79 Å². The Balaban J connectivity index is 1.79. The molecule has 0 fully saturated rings. The summed E-state index contributed by atoms with van der Waals surface area (Å²) in [5.74, 6) is 1.64. The van der Waals surface area contributed by atoms with E-state index in [0.29, 0.717) is 18.7 Å². The molecule has 1 aliphatic heterocycles. The first-order chi connectivity index (χ1) is 12.0. The molecule has 1 atom stereocenters. The molecule has 1 aliphatic rings. The van der Waals surface area contributed by atoms with Gasteiger partial charge in [0.1, 0.15) is 17.6 Å². The number of hydrogen-bond acceptors (Lipinski definition) is 3. The smallest absolute Gasteiger partial charge is 0.251 e. The molecule has 25 heavy (non-hydrogen) atoms. The van der Waals surface area contributed by atoms with Crippen molar-refractivity contribution in [3.63, 3.8) is 0 Å². The average molecular weight is 339 g/mol. The fourth-order valence-electron chi connectivity index (χ4n) is 3.16. The summed E-state index contributed by atoms with van der Waals surface area (Å²) >= 11 is 0. The Bertz CT molecular complexity index is 798. The van der Waals surface area contributed by atoms with E-state index in [2.05, 4.69) is 12.2 Å². The lowest BCUT2D eigenvalue weighted by Crippen LogP contribution is -2.24. The summed E-state index contributed by atoms with van der Waals surface area (Å²) in [7, 11) is 0. The van der Waals surface area contributed by atoms with Crippen LogP contribution in [0.2, 0.25) is 0 Å². The molecule has 0 spiro atoms. The van der Waals surface area contributed by atoms with Crippen LogP contribution in [0.4, 0.5) is 0 Å². The molecular weight excluding hydrogens is 314 g/mol. The number of ether oxygens (including phenoxy) is 2. The molecule has 1 N–H and O–H groups in total. The summed E-state index contributed by atoms with van der Waals surface area (Å²) in [6.45, 7) is 8.96. The van der Waals surface area contributed by atoms with Gasteiger partial charge in [-0.15, -0.1) is 0 Å². The lowest BCUT2D eigenvalue weighted by atomic mass is 10.0. The zero-order chi connectivity index (χ0) is 18.0. The molecule has 2 aromatic rings. The summed E-state index contributed by atoms with van der Waals surface area (Å²) in [6, 6.07) is 9.94. The molecule has 4 heteroatoms. The number of nitrogens with one attached hydrogen (secondary N) is 1. The molecule has 0 bridgehead atoms. The van der Waals surface area contributed by atoms with Gasteiger partial charge in [0, 0.05) is 29.7 Å². The van der Waals surface area contributed by atoms with E-state index in [0.717, 1.165) is 34.6 Å². The van der Waals surface area contributed by atoms with E-state index in [-0.39, 0.29) is 12.0 Å². The van der Waals surface area contributed by atoms with Crippen LogP contribution in [0, 0.1) is 13.8 Å². The maximum Gasteiger partial charge on any atom is 0.251 e. The first-order valence-electron chi connectivity index (χ1n) is 8.78. The van der Waals surface area contributed by atoms with Crippen molar-refractivity contribution in [1.82, 2.24) is 5.32 Å². The SMILES string of the molecule is CCOc1cc2c(cc1CNC(=O)c1cc(C)ccc1C)O[C@H](C)C2. The van der Waals surface area contributed by atoms with Gasteiger partial charge < -0.3 is 14.8 Å². The summed E-state index contributed by atoms with van der Waals surface area (Å²) in [5, 5.41) is 3.01. The quantitative estimate of drug-likeness (QED) is 0.897. The van der Waals surface area contributed by atoms with E-state index in [1.165, 1.54) is 5.56 Å². The molecule has 0 radical (unpaired) electrons. The number of rotatable bonds is 5. The van der Waals surface area contributed by atoms with Gasteiger partial charge in [0.2, 0.25) is 0 Å². The third-order valence-corrected chi connectivity index (χ3v) is 4.46. The Kier molecular flexibility index (Phi) is 4.98. The van der Waals surface area contributed by atoms with Crippen molar-refractivity contribution < 1.29 is 14.3 Å². The highest BCUT2D eigenvalue weighted by atomic mass is 16.5. The molecular formula is C21H25NO3. The van der Waals surface area contributed by atoms with E-state index in [4.69, 9.17) is 9.47 Å². The largest absolute Gasteiger partial charge is 0.494 e. The first kappa shape index (κ1) is 17.3. The normalized spacial score (nSPS) is 15.4. The molecule has 2 aromatic carbocycles. The fourth-order valence-corrected chi connectivity index (χ4v) is 3.16. The van der Waals surface area contributed by atoms with Crippen molar-refractivity contribution in [3.8, 4) is 11.5 Å². The van der Waals surface area contributed by atoms with Crippen molar-refractivity contribution in [2.45, 2.75) is 46.8 Å². The standard InChI is InChI=1S/C21H25NO3/c1-5-24-19-10-16-9-15(4)25-20(16)11-17(19)12-22-21(23)18-8-13(2)6-7-14(18)3/h6-8,10-11,15H,5,9,12H2,1-4H3,(H,22,23)/t15-/m1/s1. The molecule has 132 valence electrons. The summed E-state index contributed by atoms with van der Waals surface area (Å²) in [4.78, 5) is 12.6. The van der Waals surface area contributed by atoms with Crippen molar-refractivity contribution in [3.05, 3.63) is 58.1 Å². The number of benzene rings is 2. The zero-order valence-electron chi connectivity index (χ0n) is 15.3. The van der Waals surface area contributed by atoms with E-state index in [1.807, 2.05) is 51.1 Å². The lowest BCUT2D eigenvalue weighted by molar-refractivity contribution is 0.0950. The molecule has 4 nitrogen and oxygen atoms in total. The van der Waals surface area contributed by atoms with Gasteiger partial charge in [-0.1, -0.05) is 17.7 Å². The zero-order valence-corrected chi connectivity index (χ0v) is 15.3. The van der Waals surface area contributed by atoms with Gasteiger partial charge in [0.05, 0.1) is 6.61 Å². The summed E-state index contributed by atoms with van der Waals surface area (Å²) < 4.78 is 11.6. The minimum atomic E-state index is -0.0709. The fraction of sp³-hybridized carbons (Fsp3) is 0.381. The van der Waals surface area contributed by atoms with Gasteiger partial charge in [-0.05, 0) is 51.5 Å². The maximum atomic E-state index is 12.6. The number of hydrogen-bond donors (Lipinski definition) is 1. The summed E-state index contributed by atoms with van der Waals surface area (Å²) in [6.07, 6.45) is 1.08. The Morgan fingerprint density at radius 1 is 1.28 bits per heavy atom. The Morgan fingerprint density at radius 2 is 2.08 bits per heavy atom. The third-order valence-electron chi connectivity index (χ3n) is 4.46. The Morgan fingerprint density at radius 3 is 2.84 bits per heavy atom. The van der Waals surface area contributed by atoms with Crippen molar-refractivity contribution in [2.75, 3.05) is 6.61 Å². The molecule has 0 unspecified atom stereocenters. The van der Waals surface area contributed by atoms with Crippen LogP contribution in [-0.4, -0.2) is 18.6 Å². The topological polar surface area (TPSA) is 47.6 Å². The predicted molar refractivity (Wildman–Crippen MR) is 98.5 cm³/mol. The number of fused-ring (bicyclic) bond motifs is 1. The number of aryl methyl sites for hydroxylation is 2. The Labute approximate surface area is 149 Å². The van der Waals surface area contributed by atoms with Crippen LogP contribution in [0.1, 0.15) is 46.5 Å². The number of carbonyl (C=O) groups is 1. The molecule has 0 aliphatic carbocycles. The second-order valence-corrected chi connectivity index (χ2v) is 6.63. The Hall–Kier alpha value is -2.49. The van der Waals surface area contributed by atoms with Gasteiger partial charge >= 0.3 is 0 Å². The van der Waals surface area contributed by atoms with Crippen LogP contribution in [0.15, 0.2) is 30.3 Å². The van der Waals surface area contributed by atoms with Crippen molar-refractivity contribution in [2.24, 2.45) is 0 Å². The number of carbonyl (C=O) groups excluding carboxylic acids is 1. The van der Waals surface area contributed by atoms with E-state index < -0.39 is 0 Å². The van der Waals surface area contributed by atoms with Gasteiger partial charge in [0.25, 0.3) is 5.91 Å². The van der Waals surface area contributed by atoms with Crippen LogP contribution in [0.5, 0.6) is 11.5 Å². The van der Waals surface area contributed by atoms with E-state index in [1.54, 1.807) is 0 Å². The second kappa shape index (κ2) is 7.18. The number of amides is 1. The monoisotopic (exact) mass is 339 g/mol. The second-order valence-electron chi connectivity index (χ2n) is 6.63. The molecule has 3 rings (SSSR count). The molecule has 1 heterocycles. The maximum absolute atomic E-state index is 12.6. The first-order valence-corrected chi connectivity index (χ1v) is 8.78. The summed E-state index contributed by atoms with van der Waals surface area (Å²) in [5.41, 5.74) is 4.86. The predicted octanol–water partition coefficient (Wildman–Crippen LogP) is 3.96. The minimum absolute atomic E-state index is 0.0709. The van der Waals surface area contributed by atoms with Crippen LogP contribution in [0.3, 0.4) is 0 Å². The van der Waals surface area contributed by atoms with Gasteiger partial charge in [-0.2, -0.15) is 0 Å². The van der Waals surface area contributed by atoms with Crippen LogP contribution < -0.4 is 14.8 Å². The van der Waals surface area contributed by atoms with Gasteiger partial charge in [-0.25, -0.2) is 0 Å². The molecule has 0 saturated carbocycles. The van der Waals surface area contributed by atoms with E-state index >= 15 is 0 Å². The highest BCUT2D eigenvalue weighted by Gasteiger charge is 2.22. The van der Waals surface area contributed by atoms with E-state index in [9.17, 15) is 4.79 Å².